The number of aryl methyl sites for hydroxylation is 2. The van der Waals surface area contributed by atoms with Crippen molar-refractivity contribution < 1.29 is 4.74 Å². The maximum Gasteiger partial charge on any atom is 0.0513 e. The molecule has 0 bridgehead atoms. The Morgan fingerprint density at radius 3 is 2.84 bits per heavy atom. The Bertz CT molecular complexity index is 423. The van der Waals surface area contributed by atoms with Crippen molar-refractivity contribution in [1.29, 1.82) is 0 Å². The number of rotatable bonds is 4. The third kappa shape index (κ3) is 2.85. The molecule has 104 valence electrons. The molecule has 0 radical (unpaired) electrons. The van der Waals surface area contributed by atoms with Crippen LogP contribution in [0.25, 0.3) is 0 Å². The molecular weight excluding hydrogens is 234 g/mol. The molecule has 1 N–H and O–H groups in total. The van der Waals surface area contributed by atoms with Crippen LogP contribution < -0.4 is 5.32 Å². The van der Waals surface area contributed by atoms with Crippen molar-refractivity contribution in [2.75, 3.05) is 19.8 Å². The van der Waals surface area contributed by atoms with E-state index in [1.807, 2.05) is 0 Å². The van der Waals surface area contributed by atoms with Crippen molar-refractivity contribution in [3.05, 3.63) is 34.9 Å². The zero-order valence-electron chi connectivity index (χ0n) is 12.0. The molecule has 0 aromatic heterocycles. The van der Waals surface area contributed by atoms with E-state index in [0.29, 0.717) is 12.0 Å². The zero-order chi connectivity index (χ0) is 13.1. The van der Waals surface area contributed by atoms with Crippen LogP contribution in [0.15, 0.2) is 18.2 Å². The van der Waals surface area contributed by atoms with E-state index < -0.39 is 0 Å². The van der Waals surface area contributed by atoms with Gasteiger partial charge >= 0.3 is 0 Å². The molecule has 2 nitrogen and oxygen atoms in total. The van der Waals surface area contributed by atoms with Crippen molar-refractivity contribution in [2.24, 2.45) is 5.92 Å². The van der Waals surface area contributed by atoms with E-state index in [-0.39, 0.29) is 0 Å². The first-order valence-corrected chi connectivity index (χ1v) is 7.81. The van der Waals surface area contributed by atoms with Crippen LogP contribution in [0.1, 0.15) is 48.9 Å². The molecule has 1 saturated heterocycles. The fourth-order valence-electron chi connectivity index (χ4n) is 3.54. The number of hydrogen-bond acceptors (Lipinski definition) is 2. The molecule has 0 saturated carbocycles. The molecule has 1 aliphatic carbocycles. The third-order valence-corrected chi connectivity index (χ3v) is 4.59. The second-order valence-corrected chi connectivity index (χ2v) is 5.89. The van der Waals surface area contributed by atoms with Crippen LogP contribution in [-0.4, -0.2) is 19.8 Å². The lowest BCUT2D eigenvalue weighted by molar-refractivity contribution is 0.177. The van der Waals surface area contributed by atoms with Gasteiger partial charge in [0.05, 0.1) is 6.61 Å². The highest BCUT2D eigenvalue weighted by atomic mass is 16.5. The summed E-state index contributed by atoms with van der Waals surface area (Å²) in [6.45, 7) is 5.06. The van der Waals surface area contributed by atoms with Crippen LogP contribution in [0, 0.1) is 5.92 Å². The topological polar surface area (TPSA) is 21.3 Å². The highest BCUT2D eigenvalue weighted by Gasteiger charge is 2.27. The largest absolute Gasteiger partial charge is 0.381 e. The van der Waals surface area contributed by atoms with E-state index in [2.05, 4.69) is 30.4 Å². The van der Waals surface area contributed by atoms with E-state index in [1.165, 1.54) is 37.7 Å². The second kappa shape index (κ2) is 6.06. The van der Waals surface area contributed by atoms with Gasteiger partial charge in [0.15, 0.2) is 0 Å². The van der Waals surface area contributed by atoms with Crippen LogP contribution in [-0.2, 0) is 17.6 Å². The SMILES string of the molecule is CCNC(c1ccc2c(c1)CCCC2)C1CCOC1. The minimum absolute atomic E-state index is 0.472. The van der Waals surface area contributed by atoms with Crippen LogP contribution in [0.4, 0.5) is 0 Å². The predicted molar refractivity (Wildman–Crippen MR) is 78.4 cm³/mol. The normalized spacial score (nSPS) is 24.2. The highest BCUT2D eigenvalue weighted by molar-refractivity contribution is 5.35. The van der Waals surface area contributed by atoms with Crippen LogP contribution in [0.2, 0.25) is 0 Å². The molecule has 1 fully saturated rings. The summed E-state index contributed by atoms with van der Waals surface area (Å²) in [5.74, 6) is 0.640. The fourth-order valence-corrected chi connectivity index (χ4v) is 3.54. The Hall–Kier alpha value is -0.860. The second-order valence-electron chi connectivity index (χ2n) is 5.89. The smallest absolute Gasteiger partial charge is 0.0513 e. The van der Waals surface area contributed by atoms with E-state index in [4.69, 9.17) is 4.74 Å². The van der Waals surface area contributed by atoms with Gasteiger partial charge in [-0.05, 0) is 55.3 Å². The maximum absolute atomic E-state index is 5.58. The standard InChI is InChI=1S/C17H25NO/c1-2-18-17(16-9-10-19-12-16)15-8-7-13-5-3-4-6-14(13)11-15/h7-8,11,16-18H,2-6,9-10,12H2,1H3. The molecule has 0 amide bonds. The quantitative estimate of drug-likeness (QED) is 0.896. The molecule has 19 heavy (non-hydrogen) atoms. The molecular formula is C17H25NO. The molecule has 1 aromatic carbocycles. The summed E-state index contributed by atoms with van der Waals surface area (Å²) >= 11 is 0. The average molecular weight is 259 g/mol. The summed E-state index contributed by atoms with van der Waals surface area (Å²) in [6.07, 6.45) is 6.44. The lowest BCUT2D eigenvalue weighted by atomic mass is 9.86. The summed E-state index contributed by atoms with van der Waals surface area (Å²) in [7, 11) is 0. The molecule has 3 rings (SSSR count). The maximum atomic E-state index is 5.58. The van der Waals surface area contributed by atoms with Crippen molar-refractivity contribution >= 4 is 0 Å². The monoisotopic (exact) mass is 259 g/mol. The van der Waals surface area contributed by atoms with Gasteiger partial charge < -0.3 is 10.1 Å². The van der Waals surface area contributed by atoms with Gasteiger partial charge in [-0.15, -0.1) is 0 Å². The first-order valence-electron chi connectivity index (χ1n) is 7.81. The van der Waals surface area contributed by atoms with Crippen molar-refractivity contribution in [3.63, 3.8) is 0 Å². The Kier molecular flexibility index (Phi) is 4.19. The van der Waals surface area contributed by atoms with Crippen molar-refractivity contribution in [2.45, 2.75) is 45.1 Å². The number of ether oxygens (including phenoxy) is 1. The first-order chi connectivity index (χ1) is 9.38. The van der Waals surface area contributed by atoms with Crippen LogP contribution >= 0.6 is 0 Å². The molecule has 0 spiro atoms. The minimum Gasteiger partial charge on any atom is -0.381 e. The number of nitrogens with one attached hydrogen (secondary N) is 1. The van der Waals surface area contributed by atoms with Gasteiger partial charge in [-0.3, -0.25) is 0 Å². The van der Waals surface area contributed by atoms with Gasteiger partial charge in [-0.2, -0.15) is 0 Å². The van der Waals surface area contributed by atoms with Gasteiger partial charge in [0.25, 0.3) is 0 Å². The summed E-state index contributed by atoms with van der Waals surface area (Å²) in [4.78, 5) is 0. The zero-order valence-corrected chi connectivity index (χ0v) is 12.0. The van der Waals surface area contributed by atoms with Crippen LogP contribution in [0.5, 0.6) is 0 Å². The Morgan fingerprint density at radius 1 is 1.26 bits per heavy atom. The molecule has 1 aliphatic heterocycles. The third-order valence-electron chi connectivity index (χ3n) is 4.59. The van der Waals surface area contributed by atoms with Gasteiger partial charge in [-0.25, -0.2) is 0 Å². The van der Waals surface area contributed by atoms with Crippen molar-refractivity contribution in [1.82, 2.24) is 5.32 Å². The Morgan fingerprint density at radius 2 is 2.11 bits per heavy atom. The Labute approximate surface area is 116 Å². The van der Waals surface area contributed by atoms with E-state index in [9.17, 15) is 0 Å². The van der Waals surface area contributed by atoms with E-state index in [0.717, 1.165) is 19.8 Å². The molecule has 1 aromatic rings. The summed E-state index contributed by atoms with van der Waals surface area (Å²) in [5.41, 5.74) is 4.64. The lowest BCUT2D eigenvalue weighted by Gasteiger charge is -2.26. The van der Waals surface area contributed by atoms with Gasteiger partial charge in [0, 0.05) is 18.6 Å². The molecule has 2 heteroatoms. The lowest BCUT2D eigenvalue weighted by Crippen LogP contribution is -2.28. The van der Waals surface area contributed by atoms with E-state index in [1.54, 1.807) is 11.1 Å². The van der Waals surface area contributed by atoms with Gasteiger partial charge in [0.1, 0.15) is 0 Å². The Balaban J connectivity index is 1.84. The molecule has 2 unspecified atom stereocenters. The number of benzene rings is 1. The van der Waals surface area contributed by atoms with E-state index >= 15 is 0 Å². The fraction of sp³-hybridized carbons (Fsp3) is 0.647. The highest BCUT2D eigenvalue weighted by Crippen LogP contribution is 2.31. The number of hydrogen-bond donors (Lipinski definition) is 1. The van der Waals surface area contributed by atoms with Crippen LogP contribution in [0.3, 0.4) is 0 Å². The summed E-state index contributed by atoms with van der Waals surface area (Å²) in [5, 5.41) is 3.67. The molecule has 2 atom stereocenters. The minimum atomic E-state index is 0.472. The summed E-state index contributed by atoms with van der Waals surface area (Å²) < 4.78 is 5.58. The molecule has 1 heterocycles. The van der Waals surface area contributed by atoms with Crippen molar-refractivity contribution in [3.8, 4) is 0 Å². The molecule has 2 aliphatic rings. The summed E-state index contributed by atoms with van der Waals surface area (Å²) in [6, 6.07) is 7.64. The number of fused-ring (bicyclic) bond motifs is 1. The average Bonchev–Trinajstić information content (AvgIpc) is 2.98. The van der Waals surface area contributed by atoms with Gasteiger partial charge in [0.2, 0.25) is 0 Å². The van der Waals surface area contributed by atoms with Gasteiger partial charge in [-0.1, -0.05) is 25.1 Å². The first kappa shape index (κ1) is 13.1. The predicted octanol–water partition coefficient (Wildman–Crippen LogP) is 3.25.